The van der Waals surface area contributed by atoms with E-state index in [9.17, 15) is 14.7 Å². The monoisotopic (exact) mass is 395 g/mol. The van der Waals surface area contributed by atoms with Crippen LogP contribution in [0.15, 0.2) is 78.9 Å². The maximum absolute atomic E-state index is 12.4. The van der Waals surface area contributed by atoms with Gasteiger partial charge in [0.05, 0.1) is 11.6 Å². The van der Waals surface area contributed by atoms with E-state index in [-0.39, 0.29) is 11.3 Å². The summed E-state index contributed by atoms with van der Waals surface area (Å²) in [5, 5.41) is 12.9. The number of carbonyl (C=O) groups is 2. The summed E-state index contributed by atoms with van der Waals surface area (Å²) < 4.78 is 5.05. The maximum atomic E-state index is 12.4. The molecule has 28 heavy (non-hydrogen) atoms. The second kappa shape index (κ2) is 9.06. The molecule has 0 aromatic heterocycles. The summed E-state index contributed by atoms with van der Waals surface area (Å²) in [5.74, 6) is -1.18. The molecule has 5 nitrogen and oxygen atoms in total. The van der Waals surface area contributed by atoms with E-state index < -0.39 is 24.5 Å². The highest BCUT2D eigenvalue weighted by molar-refractivity contribution is 6.30. The van der Waals surface area contributed by atoms with Crippen molar-refractivity contribution in [3.05, 3.63) is 101 Å². The molecular formula is C22H18ClNO4. The number of aromatic hydroxyl groups is 1. The smallest absolute Gasteiger partial charge is 0.338 e. The van der Waals surface area contributed by atoms with Crippen LogP contribution in [0.4, 0.5) is 0 Å². The zero-order chi connectivity index (χ0) is 19.9. The highest BCUT2D eigenvalue weighted by Crippen LogP contribution is 2.23. The molecule has 3 rings (SSSR count). The molecule has 0 aliphatic rings. The van der Waals surface area contributed by atoms with Gasteiger partial charge in [-0.05, 0) is 41.5 Å². The zero-order valence-electron chi connectivity index (χ0n) is 14.8. The van der Waals surface area contributed by atoms with Crippen LogP contribution in [0, 0.1) is 0 Å². The van der Waals surface area contributed by atoms with Gasteiger partial charge in [-0.1, -0.05) is 60.1 Å². The molecule has 0 radical (unpaired) electrons. The third-order valence-corrected chi connectivity index (χ3v) is 4.31. The predicted molar refractivity (Wildman–Crippen MR) is 106 cm³/mol. The highest BCUT2D eigenvalue weighted by atomic mass is 35.5. The Hall–Kier alpha value is -3.31. The molecule has 0 fully saturated rings. The summed E-state index contributed by atoms with van der Waals surface area (Å²) in [4.78, 5) is 24.4. The largest absolute Gasteiger partial charge is 0.508 e. The van der Waals surface area contributed by atoms with Gasteiger partial charge in [-0.15, -0.1) is 0 Å². The van der Waals surface area contributed by atoms with Gasteiger partial charge in [0.1, 0.15) is 5.75 Å². The molecule has 0 saturated carbocycles. The van der Waals surface area contributed by atoms with E-state index in [4.69, 9.17) is 16.3 Å². The van der Waals surface area contributed by atoms with Gasteiger partial charge in [0.2, 0.25) is 0 Å². The fourth-order valence-electron chi connectivity index (χ4n) is 2.71. The Labute approximate surface area is 167 Å². The molecule has 142 valence electrons. The molecule has 0 aliphatic heterocycles. The number of phenolic OH excluding ortho intramolecular Hbond substituents is 1. The first kappa shape index (κ1) is 19.5. The topological polar surface area (TPSA) is 75.6 Å². The predicted octanol–water partition coefficient (Wildman–Crippen LogP) is 4.11. The van der Waals surface area contributed by atoms with E-state index in [0.29, 0.717) is 5.02 Å². The molecule has 0 aliphatic carbocycles. The minimum absolute atomic E-state index is 0.0502. The second-order valence-corrected chi connectivity index (χ2v) is 6.53. The minimum atomic E-state index is -0.686. The average molecular weight is 396 g/mol. The standard InChI is InChI=1S/C22H18ClNO4/c23-18-11-9-16(10-12-18)21(15-5-2-1-3-6-15)24-20(26)14-28-22(27)17-7-4-8-19(25)13-17/h1-13,21,25H,14H2,(H,24,26). The lowest BCUT2D eigenvalue weighted by atomic mass is 9.99. The van der Waals surface area contributed by atoms with E-state index >= 15 is 0 Å². The summed E-state index contributed by atoms with van der Waals surface area (Å²) in [6.07, 6.45) is 0. The first-order valence-electron chi connectivity index (χ1n) is 8.59. The average Bonchev–Trinajstić information content (AvgIpc) is 2.71. The number of rotatable bonds is 6. The van der Waals surface area contributed by atoms with Crippen LogP contribution in [0.1, 0.15) is 27.5 Å². The third kappa shape index (κ3) is 5.11. The number of benzene rings is 3. The lowest BCUT2D eigenvalue weighted by molar-refractivity contribution is -0.124. The summed E-state index contributed by atoms with van der Waals surface area (Å²) in [6, 6.07) is 22.0. The number of amides is 1. The number of carbonyl (C=O) groups excluding carboxylic acids is 2. The first-order chi connectivity index (χ1) is 13.5. The van der Waals surface area contributed by atoms with Gasteiger partial charge in [-0.25, -0.2) is 4.79 Å². The molecule has 1 atom stereocenters. The summed E-state index contributed by atoms with van der Waals surface area (Å²) in [7, 11) is 0. The van der Waals surface area contributed by atoms with Crippen LogP contribution in [0.5, 0.6) is 5.75 Å². The van der Waals surface area contributed by atoms with Crippen molar-refractivity contribution in [2.24, 2.45) is 0 Å². The maximum Gasteiger partial charge on any atom is 0.338 e. The van der Waals surface area contributed by atoms with Crippen LogP contribution in [-0.4, -0.2) is 23.6 Å². The molecule has 2 N–H and O–H groups in total. The van der Waals surface area contributed by atoms with E-state index in [2.05, 4.69) is 5.32 Å². The Bertz CT molecular complexity index is 958. The van der Waals surface area contributed by atoms with E-state index in [0.717, 1.165) is 11.1 Å². The molecule has 1 unspecified atom stereocenters. The normalized spacial score (nSPS) is 11.5. The molecule has 1 amide bonds. The lowest BCUT2D eigenvalue weighted by Gasteiger charge is -2.20. The van der Waals surface area contributed by atoms with Crippen LogP contribution in [-0.2, 0) is 9.53 Å². The fourth-order valence-corrected chi connectivity index (χ4v) is 2.84. The number of halogens is 1. The second-order valence-electron chi connectivity index (χ2n) is 6.09. The zero-order valence-corrected chi connectivity index (χ0v) is 15.6. The minimum Gasteiger partial charge on any atom is -0.508 e. The van der Waals surface area contributed by atoms with E-state index in [1.54, 1.807) is 12.1 Å². The first-order valence-corrected chi connectivity index (χ1v) is 8.96. The van der Waals surface area contributed by atoms with Gasteiger partial charge in [0.15, 0.2) is 6.61 Å². The van der Waals surface area contributed by atoms with Gasteiger partial charge in [0.25, 0.3) is 5.91 Å². The molecular weight excluding hydrogens is 378 g/mol. The van der Waals surface area contributed by atoms with Crippen molar-refractivity contribution in [2.45, 2.75) is 6.04 Å². The van der Waals surface area contributed by atoms with Crippen LogP contribution in [0.25, 0.3) is 0 Å². The molecule has 0 heterocycles. The Kier molecular flexibility index (Phi) is 6.29. The Morgan fingerprint density at radius 3 is 2.29 bits per heavy atom. The Morgan fingerprint density at radius 1 is 0.929 bits per heavy atom. The lowest BCUT2D eigenvalue weighted by Crippen LogP contribution is -2.33. The summed E-state index contributed by atoms with van der Waals surface area (Å²) in [6.45, 7) is -0.439. The number of ether oxygens (including phenoxy) is 1. The van der Waals surface area contributed by atoms with Crippen molar-refractivity contribution >= 4 is 23.5 Å². The highest BCUT2D eigenvalue weighted by Gasteiger charge is 2.18. The number of nitrogens with one attached hydrogen (secondary N) is 1. The van der Waals surface area contributed by atoms with E-state index in [1.807, 2.05) is 42.5 Å². The summed E-state index contributed by atoms with van der Waals surface area (Å²) in [5.41, 5.74) is 1.91. The van der Waals surface area contributed by atoms with Crippen molar-refractivity contribution in [3.63, 3.8) is 0 Å². The SMILES string of the molecule is O=C(COC(=O)c1cccc(O)c1)NC(c1ccccc1)c1ccc(Cl)cc1. The third-order valence-electron chi connectivity index (χ3n) is 4.06. The molecule has 3 aromatic carbocycles. The number of phenols is 1. The van der Waals surface area contributed by atoms with Gasteiger partial charge >= 0.3 is 5.97 Å². The Morgan fingerprint density at radius 2 is 1.61 bits per heavy atom. The number of esters is 1. The number of hydrogen-bond donors (Lipinski definition) is 2. The van der Waals surface area contributed by atoms with Crippen molar-refractivity contribution in [1.82, 2.24) is 5.32 Å². The van der Waals surface area contributed by atoms with Crippen LogP contribution >= 0.6 is 11.6 Å². The fraction of sp³-hybridized carbons (Fsp3) is 0.0909. The van der Waals surface area contributed by atoms with Gasteiger partial charge in [0, 0.05) is 5.02 Å². The van der Waals surface area contributed by atoms with Crippen molar-refractivity contribution < 1.29 is 19.4 Å². The van der Waals surface area contributed by atoms with Crippen LogP contribution in [0.3, 0.4) is 0 Å². The molecule has 6 heteroatoms. The van der Waals surface area contributed by atoms with Gasteiger partial charge < -0.3 is 15.2 Å². The van der Waals surface area contributed by atoms with Crippen molar-refractivity contribution in [1.29, 1.82) is 0 Å². The van der Waals surface area contributed by atoms with E-state index in [1.165, 1.54) is 24.3 Å². The quantitative estimate of drug-likeness (QED) is 0.616. The molecule has 0 bridgehead atoms. The molecule has 0 spiro atoms. The van der Waals surface area contributed by atoms with Crippen LogP contribution < -0.4 is 5.32 Å². The number of hydrogen-bond acceptors (Lipinski definition) is 4. The van der Waals surface area contributed by atoms with Gasteiger partial charge in [-0.3, -0.25) is 4.79 Å². The van der Waals surface area contributed by atoms with Crippen LogP contribution in [0.2, 0.25) is 5.02 Å². The molecule has 3 aromatic rings. The molecule has 0 saturated heterocycles. The van der Waals surface area contributed by atoms with Gasteiger partial charge in [-0.2, -0.15) is 0 Å². The van der Waals surface area contributed by atoms with Crippen molar-refractivity contribution in [2.75, 3.05) is 6.61 Å². The van der Waals surface area contributed by atoms with Crippen molar-refractivity contribution in [3.8, 4) is 5.75 Å². The Balaban J connectivity index is 1.69. The summed E-state index contributed by atoms with van der Waals surface area (Å²) >= 11 is 5.96.